The normalized spacial score (nSPS) is 15.1. The minimum Gasteiger partial charge on any atom is -0.463 e. The Kier molecular flexibility index (Phi) is 5.75. The SMILES string of the molecule is COC(=O)c1ccc(CN2C(=O)S/C(=C/c3cc(C)n(-c4cccc(F)c4)c3C)C2=O)o1. The van der Waals surface area contributed by atoms with Crippen molar-refractivity contribution in [1.82, 2.24) is 9.47 Å². The molecule has 3 heterocycles. The zero-order valence-corrected chi connectivity index (χ0v) is 18.4. The first-order valence-electron chi connectivity index (χ1n) is 9.65. The highest BCUT2D eigenvalue weighted by atomic mass is 32.2. The van der Waals surface area contributed by atoms with E-state index in [1.54, 1.807) is 18.2 Å². The summed E-state index contributed by atoms with van der Waals surface area (Å²) in [5.41, 5.74) is 3.10. The summed E-state index contributed by atoms with van der Waals surface area (Å²) >= 11 is 0.832. The van der Waals surface area contributed by atoms with Crippen LogP contribution in [0.1, 0.15) is 33.3 Å². The first-order chi connectivity index (χ1) is 15.3. The van der Waals surface area contributed by atoms with Crippen LogP contribution in [0.25, 0.3) is 11.8 Å². The van der Waals surface area contributed by atoms with Crippen molar-refractivity contribution in [3.05, 3.63) is 81.7 Å². The van der Waals surface area contributed by atoms with E-state index < -0.39 is 17.1 Å². The van der Waals surface area contributed by atoms with Crippen LogP contribution in [0.2, 0.25) is 0 Å². The van der Waals surface area contributed by atoms with Crippen LogP contribution >= 0.6 is 11.8 Å². The number of benzene rings is 1. The Labute approximate surface area is 187 Å². The number of halogens is 1. The van der Waals surface area contributed by atoms with Gasteiger partial charge in [-0.15, -0.1) is 0 Å². The fraction of sp³-hybridized carbons (Fsp3) is 0.174. The zero-order chi connectivity index (χ0) is 23.0. The second-order valence-electron chi connectivity index (χ2n) is 7.17. The van der Waals surface area contributed by atoms with E-state index in [0.717, 1.165) is 33.6 Å². The monoisotopic (exact) mass is 454 g/mol. The molecule has 0 N–H and O–H groups in total. The highest BCUT2D eigenvalue weighted by Gasteiger charge is 2.36. The molecular formula is C23H19FN2O5S. The molecule has 9 heteroatoms. The van der Waals surface area contributed by atoms with Crippen LogP contribution in [-0.2, 0) is 16.1 Å². The molecule has 0 aliphatic carbocycles. The Balaban J connectivity index is 1.59. The smallest absolute Gasteiger partial charge is 0.373 e. The van der Waals surface area contributed by atoms with E-state index >= 15 is 0 Å². The number of esters is 1. The summed E-state index contributed by atoms with van der Waals surface area (Å²) in [4.78, 5) is 38.2. The Morgan fingerprint density at radius 2 is 1.97 bits per heavy atom. The predicted octanol–water partition coefficient (Wildman–Crippen LogP) is 4.85. The number of aryl methyl sites for hydroxylation is 1. The van der Waals surface area contributed by atoms with E-state index in [9.17, 15) is 18.8 Å². The maximum Gasteiger partial charge on any atom is 0.373 e. The quantitative estimate of drug-likeness (QED) is 0.405. The average molecular weight is 454 g/mol. The fourth-order valence-electron chi connectivity index (χ4n) is 3.55. The van der Waals surface area contributed by atoms with Gasteiger partial charge < -0.3 is 13.7 Å². The van der Waals surface area contributed by atoms with Crippen molar-refractivity contribution in [2.75, 3.05) is 7.11 Å². The summed E-state index contributed by atoms with van der Waals surface area (Å²) in [6.07, 6.45) is 1.66. The van der Waals surface area contributed by atoms with Crippen molar-refractivity contribution in [1.29, 1.82) is 0 Å². The molecule has 3 aromatic rings. The number of methoxy groups -OCH3 is 1. The van der Waals surface area contributed by atoms with Crippen molar-refractivity contribution in [2.24, 2.45) is 0 Å². The Morgan fingerprint density at radius 3 is 2.69 bits per heavy atom. The van der Waals surface area contributed by atoms with Gasteiger partial charge in [-0.1, -0.05) is 6.07 Å². The first kappa shape index (κ1) is 21.6. The van der Waals surface area contributed by atoms with Crippen molar-refractivity contribution in [2.45, 2.75) is 20.4 Å². The Morgan fingerprint density at radius 1 is 1.19 bits per heavy atom. The molecule has 2 aromatic heterocycles. The molecule has 32 heavy (non-hydrogen) atoms. The molecule has 1 saturated heterocycles. The van der Waals surface area contributed by atoms with Crippen molar-refractivity contribution in [3.63, 3.8) is 0 Å². The summed E-state index contributed by atoms with van der Waals surface area (Å²) in [7, 11) is 1.23. The fourth-order valence-corrected chi connectivity index (χ4v) is 4.38. The summed E-state index contributed by atoms with van der Waals surface area (Å²) in [6.45, 7) is 3.66. The number of carbonyl (C=O) groups is 3. The van der Waals surface area contributed by atoms with Crippen LogP contribution in [0.5, 0.6) is 0 Å². The van der Waals surface area contributed by atoms with E-state index in [4.69, 9.17) is 4.42 Å². The van der Waals surface area contributed by atoms with E-state index in [0.29, 0.717) is 11.4 Å². The first-order valence-corrected chi connectivity index (χ1v) is 10.5. The number of ether oxygens (including phenoxy) is 1. The number of thioether (sulfide) groups is 1. The maximum atomic E-state index is 13.7. The second kappa shape index (κ2) is 8.51. The number of aromatic nitrogens is 1. The van der Waals surface area contributed by atoms with Gasteiger partial charge in [0.25, 0.3) is 11.1 Å². The van der Waals surface area contributed by atoms with Crippen LogP contribution in [-0.4, -0.2) is 33.7 Å². The molecule has 0 spiro atoms. The highest BCUT2D eigenvalue weighted by Crippen LogP contribution is 2.35. The molecule has 0 bridgehead atoms. The molecule has 7 nitrogen and oxygen atoms in total. The van der Waals surface area contributed by atoms with E-state index in [-0.39, 0.29) is 23.0 Å². The Bertz CT molecular complexity index is 1270. The Hall–Kier alpha value is -3.59. The van der Waals surface area contributed by atoms with Crippen LogP contribution in [0.15, 0.2) is 51.8 Å². The van der Waals surface area contributed by atoms with Crippen LogP contribution < -0.4 is 0 Å². The molecule has 0 atom stereocenters. The van der Waals surface area contributed by atoms with Gasteiger partial charge in [-0.05, 0) is 73.6 Å². The van der Waals surface area contributed by atoms with Gasteiger partial charge in [-0.2, -0.15) is 0 Å². The molecule has 0 saturated carbocycles. The van der Waals surface area contributed by atoms with E-state index in [2.05, 4.69) is 4.74 Å². The number of rotatable bonds is 5. The maximum absolute atomic E-state index is 13.7. The average Bonchev–Trinajstić information content (AvgIpc) is 3.41. The van der Waals surface area contributed by atoms with Gasteiger partial charge in [0.2, 0.25) is 5.76 Å². The van der Waals surface area contributed by atoms with Crippen molar-refractivity contribution in [3.8, 4) is 5.69 Å². The summed E-state index contributed by atoms with van der Waals surface area (Å²) in [6, 6.07) is 11.1. The van der Waals surface area contributed by atoms with Gasteiger partial charge in [0.05, 0.1) is 18.6 Å². The molecule has 1 fully saturated rings. The zero-order valence-electron chi connectivity index (χ0n) is 17.5. The number of imide groups is 1. The van der Waals surface area contributed by atoms with Gasteiger partial charge in [0.1, 0.15) is 11.6 Å². The van der Waals surface area contributed by atoms with Crippen molar-refractivity contribution < 1.29 is 27.9 Å². The van der Waals surface area contributed by atoms with E-state index in [1.165, 1.54) is 31.4 Å². The molecular weight excluding hydrogens is 435 g/mol. The number of amides is 2. The van der Waals surface area contributed by atoms with Gasteiger partial charge in [-0.3, -0.25) is 14.5 Å². The third kappa shape index (κ3) is 3.99. The molecule has 0 radical (unpaired) electrons. The summed E-state index contributed by atoms with van der Waals surface area (Å²) < 4.78 is 25.5. The minimum atomic E-state index is -0.640. The topological polar surface area (TPSA) is 81.8 Å². The molecule has 1 aliphatic heterocycles. The summed E-state index contributed by atoms with van der Waals surface area (Å²) in [5.74, 6) is -1.15. The van der Waals surface area contributed by atoms with Crippen LogP contribution in [0.3, 0.4) is 0 Å². The lowest BCUT2D eigenvalue weighted by atomic mass is 10.2. The molecule has 2 amide bonds. The van der Waals surface area contributed by atoms with Crippen LogP contribution in [0.4, 0.5) is 9.18 Å². The molecule has 0 unspecified atom stereocenters. The number of carbonyl (C=O) groups excluding carboxylic acids is 3. The molecule has 164 valence electrons. The number of hydrogen-bond acceptors (Lipinski definition) is 6. The predicted molar refractivity (Wildman–Crippen MR) is 117 cm³/mol. The second-order valence-corrected chi connectivity index (χ2v) is 8.16. The van der Waals surface area contributed by atoms with E-state index in [1.807, 2.05) is 24.5 Å². The van der Waals surface area contributed by atoms with Gasteiger partial charge in [-0.25, -0.2) is 9.18 Å². The standard InChI is InChI=1S/C23H19FN2O5S/c1-13-9-15(14(2)26(13)17-6-4-5-16(24)11-17)10-20-21(27)25(23(29)32-20)12-18-7-8-19(31-18)22(28)30-3/h4-11H,12H2,1-3H3/b20-10+. The molecule has 4 rings (SSSR count). The lowest BCUT2D eigenvalue weighted by molar-refractivity contribution is -0.123. The molecule has 1 aliphatic rings. The minimum absolute atomic E-state index is 0.00481. The number of nitrogens with zero attached hydrogens (tertiary/aromatic N) is 2. The van der Waals surface area contributed by atoms with Gasteiger partial charge >= 0.3 is 5.97 Å². The number of hydrogen-bond donors (Lipinski definition) is 0. The lowest BCUT2D eigenvalue weighted by Crippen LogP contribution is -2.27. The summed E-state index contributed by atoms with van der Waals surface area (Å²) in [5, 5.41) is -0.434. The van der Waals surface area contributed by atoms with Crippen molar-refractivity contribution >= 4 is 35.0 Å². The van der Waals surface area contributed by atoms with Crippen LogP contribution in [0, 0.1) is 19.7 Å². The van der Waals surface area contributed by atoms with Gasteiger partial charge in [0.15, 0.2) is 0 Å². The molecule has 1 aromatic carbocycles. The van der Waals surface area contributed by atoms with Gasteiger partial charge in [0, 0.05) is 17.1 Å². The number of furan rings is 1. The highest BCUT2D eigenvalue weighted by molar-refractivity contribution is 8.18. The largest absolute Gasteiger partial charge is 0.463 e. The third-order valence-corrected chi connectivity index (χ3v) is 5.97. The lowest BCUT2D eigenvalue weighted by Gasteiger charge is -2.10. The third-order valence-electron chi connectivity index (χ3n) is 5.06.